The number of rotatable bonds is 2. The van der Waals surface area contributed by atoms with Gasteiger partial charge < -0.3 is 14.6 Å². The topological polar surface area (TPSA) is 97.3 Å². The van der Waals surface area contributed by atoms with Gasteiger partial charge in [0.1, 0.15) is 0 Å². The van der Waals surface area contributed by atoms with Gasteiger partial charge >= 0.3 is 5.97 Å². The summed E-state index contributed by atoms with van der Waals surface area (Å²) in [4.78, 5) is 16.0. The van der Waals surface area contributed by atoms with Gasteiger partial charge in [0.2, 0.25) is 6.79 Å². The number of benzene rings is 1. The number of carboxylic acid groups (broad SMARTS) is 1. The molecule has 110 valence electrons. The van der Waals surface area contributed by atoms with E-state index in [1.54, 1.807) is 25.1 Å². The lowest BCUT2D eigenvalue weighted by Crippen LogP contribution is -2.00. The molecular formula is C15H11N3O4. The Morgan fingerprint density at radius 2 is 2.09 bits per heavy atom. The summed E-state index contributed by atoms with van der Waals surface area (Å²) in [5.41, 5.74) is 2.50. The van der Waals surface area contributed by atoms with Crippen LogP contribution in [0.25, 0.3) is 22.3 Å². The number of carboxylic acids is 1. The van der Waals surface area contributed by atoms with E-state index in [1.807, 2.05) is 6.07 Å². The monoisotopic (exact) mass is 297 g/mol. The van der Waals surface area contributed by atoms with Crippen molar-refractivity contribution in [2.24, 2.45) is 0 Å². The zero-order valence-electron chi connectivity index (χ0n) is 11.6. The number of hydrogen-bond donors (Lipinski definition) is 2. The molecule has 2 N–H and O–H groups in total. The molecule has 7 nitrogen and oxygen atoms in total. The smallest absolute Gasteiger partial charge is 0.336 e. The average Bonchev–Trinajstić information content (AvgIpc) is 3.12. The Morgan fingerprint density at radius 3 is 2.91 bits per heavy atom. The van der Waals surface area contributed by atoms with Crippen LogP contribution >= 0.6 is 0 Å². The summed E-state index contributed by atoms with van der Waals surface area (Å²) in [6, 6.07) is 6.92. The Morgan fingerprint density at radius 1 is 1.27 bits per heavy atom. The molecule has 0 saturated heterocycles. The molecule has 0 bridgehead atoms. The molecule has 0 unspecified atom stereocenters. The maximum absolute atomic E-state index is 11.5. The van der Waals surface area contributed by atoms with Gasteiger partial charge in [0.25, 0.3) is 0 Å². The number of carbonyl (C=O) groups is 1. The highest BCUT2D eigenvalue weighted by Gasteiger charge is 2.19. The molecule has 0 fully saturated rings. The molecule has 1 aliphatic rings. The van der Waals surface area contributed by atoms with Gasteiger partial charge in [0.05, 0.1) is 16.6 Å². The van der Waals surface area contributed by atoms with Gasteiger partial charge in [-0.1, -0.05) is 0 Å². The fraction of sp³-hybridized carbons (Fsp3) is 0.133. The SMILES string of the molecule is Cc1[nH]nc2nc(-c3ccc4c(c3)OCO4)cc(C(=O)O)c12. The Kier molecular flexibility index (Phi) is 2.56. The number of aromatic carboxylic acids is 1. The second kappa shape index (κ2) is 4.45. The van der Waals surface area contributed by atoms with Crippen LogP contribution < -0.4 is 9.47 Å². The van der Waals surface area contributed by atoms with E-state index in [4.69, 9.17) is 9.47 Å². The number of fused-ring (bicyclic) bond motifs is 2. The van der Waals surface area contributed by atoms with Crippen LogP contribution in [0.2, 0.25) is 0 Å². The van der Waals surface area contributed by atoms with Crippen LogP contribution in [0.3, 0.4) is 0 Å². The van der Waals surface area contributed by atoms with E-state index in [0.717, 1.165) is 5.56 Å². The number of hydrogen-bond acceptors (Lipinski definition) is 5. The van der Waals surface area contributed by atoms with Crippen molar-refractivity contribution in [2.75, 3.05) is 6.79 Å². The average molecular weight is 297 g/mol. The Labute approximate surface area is 124 Å². The van der Waals surface area contributed by atoms with Gasteiger partial charge in [-0.15, -0.1) is 0 Å². The van der Waals surface area contributed by atoms with Gasteiger partial charge in [-0.25, -0.2) is 9.78 Å². The fourth-order valence-corrected chi connectivity index (χ4v) is 2.55. The first-order valence-electron chi connectivity index (χ1n) is 6.62. The van der Waals surface area contributed by atoms with Crippen LogP contribution in [0.5, 0.6) is 11.5 Å². The van der Waals surface area contributed by atoms with Crippen molar-refractivity contribution in [2.45, 2.75) is 6.92 Å². The number of nitrogens with one attached hydrogen (secondary N) is 1. The van der Waals surface area contributed by atoms with Gasteiger partial charge in [-0.3, -0.25) is 5.10 Å². The minimum Gasteiger partial charge on any atom is -0.478 e. The van der Waals surface area contributed by atoms with E-state index in [9.17, 15) is 9.90 Å². The maximum atomic E-state index is 11.5. The van der Waals surface area contributed by atoms with E-state index >= 15 is 0 Å². The summed E-state index contributed by atoms with van der Waals surface area (Å²) >= 11 is 0. The van der Waals surface area contributed by atoms with Crippen LogP contribution in [0, 0.1) is 6.92 Å². The molecule has 22 heavy (non-hydrogen) atoms. The number of aromatic amines is 1. The minimum atomic E-state index is -1.01. The summed E-state index contributed by atoms with van der Waals surface area (Å²) in [7, 11) is 0. The van der Waals surface area contributed by atoms with Crippen molar-refractivity contribution >= 4 is 17.0 Å². The Hall–Kier alpha value is -3.09. The third-order valence-electron chi connectivity index (χ3n) is 3.60. The highest BCUT2D eigenvalue weighted by atomic mass is 16.7. The molecule has 1 aromatic carbocycles. The van der Waals surface area contributed by atoms with Gasteiger partial charge in [0.15, 0.2) is 17.1 Å². The van der Waals surface area contributed by atoms with Crippen LogP contribution in [0.4, 0.5) is 0 Å². The molecule has 7 heteroatoms. The molecule has 0 amide bonds. The first-order chi connectivity index (χ1) is 10.6. The molecule has 3 aromatic rings. The predicted molar refractivity (Wildman–Crippen MR) is 77.1 cm³/mol. The van der Waals surface area contributed by atoms with E-state index in [0.29, 0.717) is 33.9 Å². The Balaban J connectivity index is 1.94. The zero-order chi connectivity index (χ0) is 15.3. The quantitative estimate of drug-likeness (QED) is 0.753. The van der Waals surface area contributed by atoms with Crippen LogP contribution in [0.1, 0.15) is 16.1 Å². The van der Waals surface area contributed by atoms with Crippen LogP contribution in [-0.2, 0) is 0 Å². The van der Waals surface area contributed by atoms with Gasteiger partial charge in [-0.2, -0.15) is 5.10 Å². The highest BCUT2D eigenvalue weighted by Crippen LogP contribution is 2.36. The van der Waals surface area contributed by atoms with Crippen molar-refractivity contribution in [1.29, 1.82) is 0 Å². The second-order valence-electron chi connectivity index (χ2n) is 4.98. The number of pyridine rings is 1. The van der Waals surface area contributed by atoms with Crippen LogP contribution in [-0.4, -0.2) is 33.1 Å². The van der Waals surface area contributed by atoms with E-state index in [2.05, 4.69) is 15.2 Å². The number of aryl methyl sites for hydroxylation is 1. The molecule has 4 rings (SSSR count). The van der Waals surface area contributed by atoms with Crippen molar-refractivity contribution < 1.29 is 19.4 Å². The lowest BCUT2D eigenvalue weighted by Gasteiger charge is -2.05. The first kappa shape index (κ1) is 12.6. The lowest BCUT2D eigenvalue weighted by atomic mass is 10.1. The standard InChI is InChI=1S/C15H11N3O4/c1-7-13-9(15(19)20)5-10(16-14(13)18-17-7)8-2-3-11-12(4-8)22-6-21-11/h2-5H,6H2,1H3,(H,19,20)(H,16,17,18). The lowest BCUT2D eigenvalue weighted by molar-refractivity contribution is 0.0699. The molecule has 1 aliphatic heterocycles. The normalized spacial score (nSPS) is 12.8. The summed E-state index contributed by atoms with van der Waals surface area (Å²) < 4.78 is 10.6. The van der Waals surface area contributed by atoms with E-state index < -0.39 is 5.97 Å². The molecule has 3 heterocycles. The van der Waals surface area contributed by atoms with Crippen LogP contribution in [0.15, 0.2) is 24.3 Å². The third kappa shape index (κ3) is 1.79. The largest absolute Gasteiger partial charge is 0.478 e. The zero-order valence-corrected chi connectivity index (χ0v) is 11.6. The predicted octanol–water partition coefficient (Wildman–Crippen LogP) is 2.36. The van der Waals surface area contributed by atoms with Gasteiger partial charge in [-0.05, 0) is 31.2 Å². The van der Waals surface area contributed by atoms with E-state index in [1.165, 1.54) is 0 Å². The minimum absolute atomic E-state index is 0.170. The number of nitrogens with zero attached hydrogens (tertiary/aromatic N) is 2. The van der Waals surface area contributed by atoms with Crippen molar-refractivity contribution in [3.05, 3.63) is 35.5 Å². The highest BCUT2D eigenvalue weighted by molar-refractivity contribution is 6.03. The van der Waals surface area contributed by atoms with Crippen molar-refractivity contribution in [3.63, 3.8) is 0 Å². The molecule has 0 aliphatic carbocycles. The number of H-pyrrole nitrogens is 1. The molecule has 2 aromatic heterocycles. The molecule has 0 spiro atoms. The second-order valence-corrected chi connectivity index (χ2v) is 4.98. The number of aromatic nitrogens is 3. The van der Waals surface area contributed by atoms with Crippen molar-refractivity contribution in [1.82, 2.24) is 15.2 Å². The van der Waals surface area contributed by atoms with E-state index in [-0.39, 0.29) is 12.4 Å². The molecule has 0 atom stereocenters. The molecular weight excluding hydrogens is 286 g/mol. The number of ether oxygens (including phenoxy) is 2. The molecule has 0 radical (unpaired) electrons. The first-order valence-corrected chi connectivity index (χ1v) is 6.62. The van der Waals surface area contributed by atoms with Gasteiger partial charge in [0, 0.05) is 11.3 Å². The van der Waals surface area contributed by atoms with Crippen molar-refractivity contribution in [3.8, 4) is 22.8 Å². The summed E-state index contributed by atoms with van der Waals surface area (Å²) in [5.74, 6) is 0.271. The summed E-state index contributed by atoms with van der Waals surface area (Å²) in [6.07, 6.45) is 0. The fourth-order valence-electron chi connectivity index (χ4n) is 2.55. The maximum Gasteiger partial charge on any atom is 0.336 e. The summed E-state index contributed by atoms with van der Waals surface area (Å²) in [6.45, 7) is 1.95. The third-order valence-corrected chi connectivity index (χ3v) is 3.60. The molecule has 0 saturated carbocycles. The Bertz CT molecular complexity index is 917. The summed E-state index contributed by atoms with van der Waals surface area (Å²) in [5, 5.41) is 16.8.